The van der Waals surface area contributed by atoms with Gasteiger partial charge in [0.15, 0.2) is 5.76 Å². The first-order chi connectivity index (χ1) is 10.1. The molecule has 21 heavy (non-hydrogen) atoms. The van der Waals surface area contributed by atoms with Crippen LogP contribution in [0, 0.1) is 11.3 Å². The van der Waals surface area contributed by atoms with Crippen LogP contribution in [0.2, 0.25) is 0 Å². The standard InChI is InChI=1S/C17H31N3O/c1-5-17(6-2)7-8-20(13-17)12-16-9-15(19-21-16)11-18-10-14(3)4/h9,14,18H,5-8,10-13H2,1-4H3. The molecule has 1 aliphatic heterocycles. The van der Waals surface area contributed by atoms with E-state index in [1.807, 2.05) is 0 Å². The van der Waals surface area contributed by atoms with Crippen molar-refractivity contribution in [2.24, 2.45) is 11.3 Å². The van der Waals surface area contributed by atoms with Crippen LogP contribution in [0.3, 0.4) is 0 Å². The predicted octanol–water partition coefficient (Wildman–Crippen LogP) is 3.43. The largest absolute Gasteiger partial charge is 0.360 e. The van der Waals surface area contributed by atoms with Gasteiger partial charge < -0.3 is 9.84 Å². The highest BCUT2D eigenvalue weighted by Crippen LogP contribution is 2.37. The Hall–Kier alpha value is -0.870. The minimum Gasteiger partial charge on any atom is -0.360 e. The Kier molecular flexibility index (Phi) is 5.82. The number of rotatable bonds is 8. The van der Waals surface area contributed by atoms with Crippen molar-refractivity contribution in [3.05, 3.63) is 17.5 Å². The minimum absolute atomic E-state index is 0.529. The maximum atomic E-state index is 5.49. The van der Waals surface area contributed by atoms with E-state index < -0.39 is 0 Å². The van der Waals surface area contributed by atoms with Crippen molar-refractivity contribution in [3.63, 3.8) is 0 Å². The van der Waals surface area contributed by atoms with Crippen LogP contribution in [0.5, 0.6) is 0 Å². The monoisotopic (exact) mass is 293 g/mol. The highest BCUT2D eigenvalue weighted by molar-refractivity contribution is 5.06. The third-order valence-corrected chi connectivity index (χ3v) is 4.86. The normalized spacial score (nSPS) is 18.7. The van der Waals surface area contributed by atoms with Crippen molar-refractivity contribution >= 4 is 0 Å². The fourth-order valence-electron chi connectivity index (χ4n) is 3.21. The summed E-state index contributed by atoms with van der Waals surface area (Å²) in [6.07, 6.45) is 3.87. The molecular formula is C17H31N3O. The first-order valence-electron chi connectivity index (χ1n) is 8.44. The van der Waals surface area contributed by atoms with E-state index in [9.17, 15) is 0 Å². The molecule has 1 saturated heterocycles. The zero-order chi connectivity index (χ0) is 15.3. The van der Waals surface area contributed by atoms with Crippen LogP contribution in [0.1, 0.15) is 58.4 Å². The number of aromatic nitrogens is 1. The minimum atomic E-state index is 0.529. The third kappa shape index (κ3) is 4.55. The maximum Gasteiger partial charge on any atom is 0.151 e. The predicted molar refractivity (Wildman–Crippen MR) is 86.0 cm³/mol. The van der Waals surface area contributed by atoms with E-state index in [0.717, 1.165) is 31.1 Å². The van der Waals surface area contributed by atoms with Crippen LogP contribution < -0.4 is 5.32 Å². The lowest BCUT2D eigenvalue weighted by molar-refractivity contribution is 0.218. The zero-order valence-electron chi connectivity index (χ0n) is 14.1. The van der Waals surface area contributed by atoms with Gasteiger partial charge in [0.05, 0.1) is 12.2 Å². The fraction of sp³-hybridized carbons (Fsp3) is 0.824. The van der Waals surface area contributed by atoms with Gasteiger partial charge in [-0.15, -0.1) is 0 Å². The first-order valence-corrected chi connectivity index (χ1v) is 8.44. The van der Waals surface area contributed by atoms with Crippen LogP contribution >= 0.6 is 0 Å². The molecule has 0 amide bonds. The average molecular weight is 293 g/mol. The SMILES string of the molecule is CCC1(CC)CCN(Cc2cc(CNCC(C)C)no2)C1. The Morgan fingerprint density at radius 3 is 2.76 bits per heavy atom. The molecule has 4 heteroatoms. The average Bonchev–Trinajstić information content (AvgIpc) is 3.07. The maximum absolute atomic E-state index is 5.49. The summed E-state index contributed by atoms with van der Waals surface area (Å²) in [5.74, 6) is 1.66. The molecule has 0 radical (unpaired) electrons. The molecule has 0 spiro atoms. The van der Waals surface area contributed by atoms with Gasteiger partial charge in [0.1, 0.15) is 0 Å². The van der Waals surface area contributed by atoms with Gasteiger partial charge >= 0.3 is 0 Å². The third-order valence-electron chi connectivity index (χ3n) is 4.86. The second-order valence-electron chi connectivity index (χ2n) is 6.98. The van der Waals surface area contributed by atoms with Gasteiger partial charge in [-0.05, 0) is 43.7 Å². The lowest BCUT2D eigenvalue weighted by Gasteiger charge is -2.26. The molecule has 0 aliphatic carbocycles. The van der Waals surface area contributed by atoms with Gasteiger partial charge in [0, 0.05) is 19.2 Å². The van der Waals surface area contributed by atoms with Gasteiger partial charge in [-0.3, -0.25) is 4.90 Å². The quantitative estimate of drug-likeness (QED) is 0.797. The van der Waals surface area contributed by atoms with Crippen LogP contribution in [0.15, 0.2) is 10.6 Å². The molecule has 120 valence electrons. The van der Waals surface area contributed by atoms with E-state index in [-0.39, 0.29) is 0 Å². The summed E-state index contributed by atoms with van der Waals surface area (Å²) >= 11 is 0. The summed E-state index contributed by atoms with van der Waals surface area (Å²) in [7, 11) is 0. The Morgan fingerprint density at radius 1 is 1.38 bits per heavy atom. The molecule has 2 heterocycles. The fourth-order valence-corrected chi connectivity index (χ4v) is 3.21. The van der Waals surface area contributed by atoms with Crippen molar-refractivity contribution in [3.8, 4) is 0 Å². The highest BCUT2D eigenvalue weighted by Gasteiger charge is 2.35. The Morgan fingerprint density at radius 2 is 2.14 bits per heavy atom. The lowest BCUT2D eigenvalue weighted by atomic mass is 9.82. The number of hydrogen-bond acceptors (Lipinski definition) is 4. The van der Waals surface area contributed by atoms with E-state index in [1.54, 1.807) is 0 Å². The lowest BCUT2D eigenvalue weighted by Crippen LogP contribution is -2.25. The summed E-state index contributed by atoms with van der Waals surface area (Å²) in [5, 5.41) is 7.57. The molecule has 1 aromatic heterocycles. The molecule has 1 aliphatic rings. The van der Waals surface area contributed by atoms with E-state index in [2.05, 4.69) is 49.1 Å². The van der Waals surface area contributed by atoms with Crippen LogP contribution in [-0.4, -0.2) is 29.7 Å². The molecule has 0 atom stereocenters. The molecule has 2 rings (SSSR count). The molecule has 0 aromatic carbocycles. The second-order valence-corrected chi connectivity index (χ2v) is 6.98. The molecule has 4 nitrogen and oxygen atoms in total. The molecule has 1 aromatic rings. The topological polar surface area (TPSA) is 41.3 Å². The van der Waals surface area contributed by atoms with Gasteiger partial charge in [0.2, 0.25) is 0 Å². The van der Waals surface area contributed by atoms with Crippen molar-refractivity contribution in [1.82, 2.24) is 15.4 Å². The molecule has 1 fully saturated rings. The Balaban J connectivity index is 1.80. The molecular weight excluding hydrogens is 262 g/mol. The molecule has 0 unspecified atom stereocenters. The smallest absolute Gasteiger partial charge is 0.151 e. The second kappa shape index (κ2) is 7.41. The van der Waals surface area contributed by atoms with Gasteiger partial charge in [-0.1, -0.05) is 32.9 Å². The number of hydrogen-bond donors (Lipinski definition) is 1. The van der Waals surface area contributed by atoms with E-state index in [4.69, 9.17) is 4.52 Å². The van der Waals surface area contributed by atoms with E-state index in [1.165, 1.54) is 32.4 Å². The Labute approximate surface area is 129 Å². The van der Waals surface area contributed by atoms with Crippen molar-refractivity contribution < 1.29 is 4.52 Å². The van der Waals surface area contributed by atoms with Gasteiger partial charge in [0.25, 0.3) is 0 Å². The van der Waals surface area contributed by atoms with E-state index in [0.29, 0.717) is 11.3 Å². The molecule has 0 bridgehead atoms. The first kappa shape index (κ1) is 16.5. The summed E-state index contributed by atoms with van der Waals surface area (Å²) in [5.41, 5.74) is 1.55. The van der Waals surface area contributed by atoms with Crippen molar-refractivity contribution in [2.45, 2.75) is 60.0 Å². The summed E-state index contributed by atoms with van der Waals surface area (Å²) in [6, 6.07) is 2.10. The van der Waals surface area contributed by atoms with Gasteiger partial charge in [-0.2, -0.15) is 0 Å². The number of nitrogens with one attached hydrogen (secondary N) is 1. The van der Waals surface area contributed by atoms with Crippen LogP contribution in [-0.2, 0) is 13.1 Å². The summed E-state index contributed by atoms with van der Waals surface area (Å²) < 4.78 is 5.49. The zero-order valence-corrected chi connectivity index (χ0v) is 14.1. The molecule has 1 N–H and O–H groups in total. The summed E-state index contributed by atoms with van der Waals surface area (Å²) in [6.45, 7) is 14.2. The van der Waals surface area contributed by atoms with Gasteiger partial charge in [-0.25, -0.2) is 0 Å². The summed E-state index contributed by atoms with van der Waals surface area (Å²) in [4.78, 5) is 2.51. The number of nitrogens with zero attached hydrogens (tertiary/aromatic N) is 2. The highest BCUT2D eigenvalue weighted by atomic mass is 16.5. The van der Waals surface area contributed by atoms with Crippen molar-refractivity contribution in [1.29, 1.82) is 0 Å². The number of likely N-dealkylation sites (tertiary alicyclic amines) is 1. The van der Waals surface area contributed by atoms with E-state index >= 15 is 0 Å². The van der Waals surface area contributed by atoms with Crippen LogP contribution in [0.4, 0.5) is 0 Å². The van der Waals surface area contributed by atoms with Crippen molar-refractivity contribution in [2.75, 3.05) is 19.6 Å². The molecule has 0 saturated carbocycles. The Bertz CT molecular complexity index is 423. The van der Waals surface area contributed by atoms with Crippen LogP contribution in [0.25, 0.3) is 0 Å².